The fourth-order valence-electron chi connectivity index (χ4n) is 3.14. The Hall–Kier alpha value is -3.94. The Kier molecular flexibility index (Phi) is 6.14. The van der Waals surface area contributed by atoms with E-state index in [4.69, 9.17) is 0 Å². The van der Waals surface area contributed by atoms with Crippen LogP contribution in [0.15, 0.2) is 84.5 Å². The molecular weight excluding hydrogens is 376 g/mol. The molecule has 3 aromatic heterocycles. The maximum Gasteiger partial charge on any atom is 0.191 e. The van der Waals surface area contributed by atoms with Gasteiger partial charge in [-0.1, -0.05) is 24.3 Å². The molecule has 30 heavy (non-hydrogen) atoms. The van der Waals surface area contributed by atoms with E-state index in [2.05, 4.69) is 49.0 Å². The fraction of sp³-hybridized carbons (Fsp3) is 0.182. The van der Waals surface area contributed by atoms with Crippen molar-refractivity contribution in [1.82, 2.24) is 35.2 Å². The molecule has 8 heteroatoms. The van der Waals surface area contributed by atoms with Crippen LogP contribution in [0.2, 0.25) is 0 Å². The van der Waals surface area contributed by atoms with Crippen molar-refractivity contribution in [3.05, 3.63) is 96.2 Å². The molecule has 0 amide bonds. The minimum Gasteiger partial charge on any atom is -0.352 e. The Morgan fingerprint density at radius 3 is 2.47 bits per heavy atom. The monoisotopic (exact) mass is 400 g/mol. The fourth-order valence-corrected chi connectivity index (χ4v) is 3.14. The van der Waals surface area contributed by atoms with Gasteiger partial charge >= 0.3 is 0 Å². The Bertz CT molecular complexity index is 1080. The first-order valence-corrected chi connectivity index (χ1v) is 9.75. The second-order valence-electron chi connectivity index (χ2n) is 6.72. The van der Waals surface area contributed by atoms with Gasteiger partial charge in [-0.25, -0.2) is 9.67 Å². The van der Waals surface area contributed by atoms with Crippen LogP contribution in [0.5, 0.6) is 0 Å². The first-order valence-electron chi connectivity index (χ1n) is 9.75. The lowest BCUT2D eigenvalue weighted by atomic mass is 10.1. The van der Waals surface area contributed by atoms with E-state index in [9.17, 15) is 0 Å². The average Bonchev–Trinajstić information content (AvgIpc) is 3.50. The summed E-state index contributed by atoms with van der Waals surface area (Å²) in [7, 11) is 1.77. The molecule has 152 valence electrons. The highest BCUT2D eigenvalue weighted by molar-refractivity contribution is 5.79. The van der Waals surface area contributed by atoms with Gasteiger partial charge < -0.3 is 10.6 Å². The molecule has 1 aromatic carbocycles. The topological polar surface area (TPSA) is 85.0 Å². The third kappa shape index (κ3) is 4.91. The van der Waals surface area contributed by atoms with Crippen molar-refractivity contribution in [2.75, 3.05) is 7.05 Å². The number of hydrogen-bond donors (Lipinski definition) is 2. The van der Waals surface area contributed by atoms with Crippen LogP contribution in [0.25, 0.3) is 5.82 Å². The predicted octanol–water partition coefficient (Wildman–Crippen LogP) is 2.38. The van der Waals surface area contributed by atoms with E-state index in [-0.39, 0.29) is 0 Å². The van der Waals surface area contributed by atoms with Crippen LogP contribution in [-0.2, 0) is 19.6 Å². The highest BCUT2D eigenvalue weighted by atomic mass is 15.3. The lowest BCUT2D eigenvalue weighted by Crippen LogP contribution is -2.36. The van der Waals surface area contributed by atoms with Crippen LogP contribution >= 0.6 is 0 Å². The summed E-state index contributed by atoms with van der Waals surface area (Å²) in [4.78, 5) is 8.70. The molecule has 0 saturated heterocycles. The third-order valence-corrected chi connectivity index (χ3v) is 4.69. The summed E-state index contributed by atoms with van der Waals surface area (Å²) in [5, 5.41) is 15.3. The number of guanidine groups is 1. The molecule has 0 atom stereocenters. The van der Waals surface area contributed by atoms with Gasteiger partial charge in [-0.2, -0.15) is 10.2 Å². The van der Waals surface area contributed by atoms with E-state index < -0.39 is 0 Å². The van der Waals surface area contributed by atoms with Crippen molar-refractivity contribution < 1.29 is 0 Å². The number of rotatable bonds is 7. The number of hydrogen-bond acceptors (Lipinski definition) is 4. The summed E-state index contributed by atoms with van der Waals surface area (Å²) in [5.41, 5.74) is 3.53. The molecule has 3 heterocycles. The van der Waals surface area contributed by atoms with Crippen LogP contribution < -0.4 is 10.6 Å². The highest BCUT2D eigenvalue weighted by Crippen LogP contribution is 2.10. The number of benzene rings is 1. The highest BCUT2D eigenvalue weighted by Gasteiger charge is 2.06. The van der Waals surface area contributed by atoms with Crippen molar-refractivity contribution >= 4 is 5.96 Å². The molecule has 0 radical (unpaired) electrons. The van der Waals surface area contributed by atoms with E-state index in [1.54, 1.807) is 30.3 Å². The molecule has 0 saturated carbocycles. The largest absolute Gasteiger partial charge is 0.352 e. The molecule has 0 aliphatic rings. The molecule has 2 N–H and O–H groups in total. The molecule has 0 aliphatic carbocycles. The predicted molar refractivity (Wildman–Crippen MR) is 116 cm³/mol. The molecule has 0 spiro atoms. The molecule has 0 fully saturated rings. The van der Waals surface area contributed by atoms with E-state index in [1.165, 1.54) is 11.1 Å². The van der Waals surface area contributed by atoms with Gasteiger partial charge in [-0.3, -0.25) is 9.67 Å². The Labute approximate surface area is 175 Å². The van der Waals surface area contributed by atoms with Crippen LogP contribution in [0.1, 0.15) is 16.7 Å². The van der Waals surface area contributed by atoms with Gasteiger partial charge in [0.05, 0.1) is 6.54 Å². The number of nitrogens with zero attached hydrogens (tertiary/aromatic N) is 6. The van der Waals surface area contributed by atoms with E-state index in [0.717, 1.165) is 23.9 Å². The van der Waals surface area contributed by atoms with Gasteiger partial charge in [0, 0.05) is 51.1 Å². The van der Waals surface area contributed by atoms with Crippen molar-refractivity contribution in [2.45, 2.75) is 19.6 Å². The number of aliphatic imine (C=N–C) groups is 1. The zero-order valence-corrected chi connectivity index (χ0v) is 16.8. The van der Waals surface area contributed by atoms with E-state index in [0.29, 0.717) is 13.1 Å². The minimum absolute atomic E-state index is 0.630. The molecule has 0 unspecified atom stereocenters. The summed E-state index contributed by atoms with van der Waals surface area (Å²) in [6.45, 7) is 2.04. The number of aromatic nitrogens is 5. The van der Waals surface area contributed by atoms with Crippen molar-refractivity contribution in [3.63, 3.8) is 0 Å². The lowest BCUT2D eigenvalue weighted by molar-refractivity contribution is 0.677. The average molecular weight is 400 g/mol. The zero-order valence-electron chi connectivity index (χ0n) is 16.8. The second kappa shape index (κ2) is 9.51. The molecule has 8 nitrogen and oxygen atoms in total. The molecule has 4 aromatic rings. The Balaban J connectivity index is 1.36. The zero-order chi connectivity index (χ0) is 20.6. The van der Waals surface area contributed by atoms with Gasteiger partial charge in [-0.05, 0) is 41.0 Å². The summed E-state index contributed by atoms with van der Waals surface area (Å²) in [6, 6.07) is 16.1. The molecule has 0 aliphatic heterocycles. The first-order chi connectivity index (χ1) is 14.8. The third-order valence-electron chi connectivity index (χ3n) is 4.69. The Morgan fingerprint density at radius 1 is 0.900 bits per heavy atom. The molecule has 4 rings (SSSR count). The van der Waals surface area contributed by atoms with Crippen LogP contribution in [0.3, 0.4) is 0 Å². The second-order valence-corrected chi connectivity index (χ2v) is 6.72. The summed E-state index contributed by atoms with van der Waals surface area (Å²) in [6.07, 6.45) is 9.17. The Morgan fingerprint density at radius 2 is 1.70 bits per heavy atom. The van der Waals surface area contributed by atoms with Crippen LogP contribution in [-0.4, -0.2) is 37.6 Å². The number of pyridine rings is 1. The smallest absolute Gasteiger partial charge is 0.191 e. The SMILES string of the molecule is CN=C(NCc1ccnc(-n2cccn2)c1)NCc1ccccc1Cn1cccn1. The summed E-state index contributed by atoms with van der Waals surface area (Å²) in [5.74, 6) is 1.52. The summed E-state index contributed by atoms with van der Waals surface area (Å²) < 4.78 is 3.67. The lowest BCUT2D eigenvalue weighted by Gasteiger charge is -2.15. The van der Waals surface area contributed by atoms with Crippen LogP contribution in [0.4, 0.5) is 0 Å². The van der Waals surface area contributed by atoms with Crippen molar-refractivity contribution in [3.8, 4) is 5.82 Å². The van der Waals surface area contributed by atoms with Gasteiger partial charge in [-0.15, -0.1) is 0 Å². The van der Waals surface area contributed by atoms with E-state index >= 15 is 0 Å². The van der Waals surface area contributed by atoms with Crippen molar-refractivity contribution in [1.29, 1.82) is 0 Å². The van der Waals surface area contributed by atoms with Crippen molar-refractivity contribution in [2.24, 2.45) is 4.99 Å². The van der Waals surface area contributed by atoms with Gasteiger partial charge in [0.1, 0.15) is 0 Å². The standard InChI is InChI=1S/C22H24N8/c1-23-22(25-15-18-8-11-24-21(14-18)30-13-5-10-28-30)26-16-19-6-2-3-7-20(19)17-29-12-4-9-27-29/h2-14H,15-17H2,1H3,(H2,23,25,26). The summed E-state index contributed by atoms with van der Waals surface area (Å²) >= 11 is 0. The maximum atomic E-state index is 4.37. The van der Waals surface area contributed by atoms with Gasteiger partial charge in [0.15, 0.2) is 11.8 Å². The number of nitrogens with one attached hydrogen (secondary N) is 2. The molecule has 0 bridgehead atoms. The minimum atomic E-state index is 0.630. The maximum absolute atomic E-state index is 4.37. The quantitative estimate of drug-likeness (QED) is 0.368. The molecular formula is C22H24N8. The van der Waals surface area contributed by atoms with Gasteiger partial charge in [0.25, 0.3) is 0 Å². The van der Waals surface area contributed by atoms with Gasteiger partial charge in [0.2, 0.25) is 0 Å². The first kappa shape index (κ1) is 19.4. The van der Waals surface area contributed by atoms with E-state index in [1.807, 2.05) is 47.4 Å². The van der Waals surface area contributed by atoms with Crippen LogP contribution in [0, 0.1) is 0 Å². The normalized spacial score (nSPS) is 11.4.